The molecule has 0 saturated heterocycles. The normalized spacial score (nSPS) is 12.2. The fourth-order valence-corrected chi connectivity index (χ4v) is 4.42. The van der Waals surface area contributed by atoms with E-state index in [0.717, 1.165) is 56.1 Å². The number of pyridine rings is 1. The molecule has 1 aliphatic heterocycles. The van der Waals surface area contributed by atoms with Crippen LogP contribution in [-0.2, 0) is 17.6 Å². The van der Waals surface area contributed by atoms with E-state index in [9.17, 15) is 9.90 Å². The number of fused-ring (bicyclic) bond motifs is 1. The highest BCUT2D eigenvalue weighted by atomic mass is 16.5. The molecule has 1 aromatic heterocycles. The Morgan fingerprint density at radius 2 is 1.81 bits per heavy atom. The number of ether oxygens (including phenoxy) is 1. The van der Waals surface area contributed by atoms with Gasteiger partial charge in [-0.1, -0.05) is 26.0 Å². The molecule has 2 heterocycles. The smallest absolute Gasteiger partial charge is 0.307 e. The molecule has 36 heavy (non-hydrogen) atoms. The highest BCUT2D eigenvalue weighted by Crippen LogP contribution is 2.43. The maximum atomic E-state index is 11.7. The van der Waals surface area contributed by atoms with E-state index in [1.807, 2.05) is 69.4 Å². The fraction of sp³-hybridized carbons (Fsp3) is 0.333. The van der Waals surface area contributed by atoms with Crippen molar-refractivity contribution >= 4 is 33.3 Å². The Bertz CT molecular complexity index is 1390. The average molecular weight is 489 g/mol. The third-order valence-electron chi connectivity index (χ3n) is 5.71. The number of aryl methyl sites for hydroxylation is 1. The van der Waals surface area contributed by atoms with E-state index in [4.69, 9.17) is 15.6 Å². The summed E-state index contributed by atoms with van der Waals surface area (Å²) in [6, 6.07) is 13.7. The van der Waals surface area contributed by atoms with Crippen LogP contribution in [0.25, 0.3) is 32.8 Å². The zero-order chi connectivity index (χ0) is 26.6. The monoisotopic (exact) mass is 488 g/mol. The summed E-state index contributed by atoms with van der Waals surface area (Å²) >= 11 is 0. The average Bonchev–Trinajstić information content (AvgIpc) is 2.81. The molecule has 0 amide bonds. The third kappa shape index (κ3) is 5.77. The van der Waals surface area contributed by atoms with Crippen LogP contribution in [0.3, 0.4) is 0 Å². The van der Waals surface area contributed by atoms with E-state index in [0.29, 0.717) is 12.3 Å². The molecule has 0 unspecified atom stereocenters. The Morgan fingerprint density at radius 3 is 2.47 bits per heavy atom. The molecule has 0 aliphatic carbocycles. The van der Waals surface area contributed by atoms with Crippen LogP contribution in [0.5, 0.6) is 5.75 Å². The van der Waals surface area contributed by atoms with Crippen molar-refractivity contribution in [1.82, 2.24) is 4.98 Å². The van der Waals surface area contributed by atoms with E-state index in [-0.39, 0.29) is 6.42 Å². The van der Waals surface area contributed by atoms with Crippen molar-refractivity contribution < 1.29 is 19.7 Å². The van der Waals surface area contributed by atoms with Gasteiger partial charge in [-0.3, -0.25) is 9.78 Å². The van der Waals surface area contributed by atoms with Crippen LogP contribution in [-0.4, -0.2) is 33.4 Å². The molecule has 0 bridgehead atoms. The second kappa shape index (κ2) is 11.0. The van der Waals surface area contributed by atoms with Gasteiger partial charge in [0.25, 0.3) is 0 Å². The lowest BCUT2D eigenvalue weighted by molar-refractivity contribution is -0.136. The molecule has 4 aromatic rings. The van der Waals surface area contributed by atoms with Crippen LogP contribution in [0.1, 0.15) is 51.3 Å². The molecule has 190 valence electrons. The number of nitrogens with two attached hydrogens (primary N) is 1. The van der Waals surface area contributed by atoms with Crippen molar-refractivity contribution in [3.63, 3.8) is 0 Å². The van der Waals surface area contributed by atoms with Gasteiger partial charge in [-0.2, -0.15) is 0 Å². The maximum Gasteiger partial charge on any atom is 0.307 e. The third-order valence-corrected chi connectivity index (χ3v) is 5.71. The molecule has 0 fully saturated rings. The van der Waals surface area contributed by atoms with Gasteiger partial charge < -0.3 is 20.7 Å². The van der Waals surface area contributed by atoms with Gasteiger partial charge >= 0.3 is 5.97 Å². The molecule has 0 atom stereocenters. The second-order valence-corrected chi connectivity index (χ2v) is 9.63. The predicted molar refractivity (Wildman–Crippen MR) is 148 cm³/mol. The van der Waals surface area contributed by atoms with E-state index in [2.05, 4.69) is 4.98 Å². The van der Waals surface area contributed by atoms with Crippen LogP contribution < -0.4 is 10.5 Å². The summed E-state index contributed by atoms with van der Waals surface area (Å²) in [5, 5.41) is 21.0. The van der Waals surface area contributed by atoms with Gasteiger partial charge in [0.15, 0.2) is 0 Å². The van der Waals surface area contributed by atoms with E-state index < -0.39 is 11.6 Å². The predicted octanol–water partition coefficient (Wildman–Crippen LogP) is 6.31. The number of nitrogen functional groups attached to an aromatic ring is 1. The molecule has 4 N–H and O–H groups in total. The first-order chi connectivity index (χ1) is 17.0. The molecule has 5 rings (SSSR count). The lowest BCUT2D eigenvalue weighted by atomic mass is 9.86. The Kier molecular flexibility index (Phi) is 8.21. The van der Waals surface area contributed by atoms with Gasteiger partial charge in [0.2, 0.25) is 0 Å². The number of hydrogen-bond donors (Lipinski definition) is 3. The zero-order valence-electron chi connectivity index (χ0n) is 22.0. The van der Waals surface area contributed by atoms with Crippen molar-refractivity contribution in [1.29, 1.82) is 0 Å². The largest absolute Gasteiger partial charge is 0.493 e. The van der Waals surface area contributed by atoms with Gasteiger partial charge in [-0.05, 0) is 85.7 Å². The van der Waals surface area contributed by atoms with Crippen LogP contribution in [0.2, 0.25) is 0 Å². The summed E-state index contributed by atoms with van der Waals surface area (Å²) in [6.45, 7) is 11.8. The maximum absolute atomic E-state index is 11.7. The minimum atomic E-state index is -0.864. The first-order valence-electron chi connectivity index (χ1n) is 12.3. The summed E-state index contributed by atoms with van der Waals surface area (Å²) < 4.78 is 5.86. The lowest BCUT2D eigenvalue weighted by Crippen LogP contribution is -2.10. The van der Waals surface area contributed by atoms with Crippen LogP contribution in [0, 0.1) is 6.92 Å². The number of rotatable bonds is 3. The SMILES string of the molecule is CC.CC(C)(C)O.Cc1cc2c(N)cccc2c(-c2ccc3c4c(ccnc24)CCO3)c1CC(=O)O. The van der Waals surface area contributed by atoms with Gasteiger partial charge in [0.05, 0.1) is 24.1 Å². The molecule has 6 heteroatoms. The van der Waals surface area contributed by atoms with Crippen molar-refractivity contribution in [3.05, 3.63) is 65.4 Å². The zero-order valence-corrected chi connectivity index (χ0v) is 22.0. The Balaban J connectivity index is 0.000000463. The summed E-state index contributed by atoms with van der Waals surface area (Å²) in [5.41, 5.74) is 12.0. The molecular formula is C30H36N2O4. The van der Waals surface area contributed by atoms with Crippen molar-refractivity contribution in [2.45, 2.75) is 60.0 Å². The molecule has 0 radical (unpaired) electrons. The number of anilines is 1. The van der Waals surface area contributed by atoms with Gasteiger partial charge in [0, 0.05) is 34.6 Å². The minimum absolute atomic E-state index is 0.0641. The number of nitrogens with zero attached hydrogens (tertiary/aromatic N) is 1. The lowest BCUT2D eigenvalue weighted by Gasteiger charge is -2.22. The Labute approximate surface area is 212 Å². The number of benzene rings is 3. The van der Waals surface area contributed by atoms with Crippen LogP contribution >= 0.6 is 0 Å². The van der Waals surface area contributed by atoms with E-state index in [1.165, 1.54) is 5.56 Å². The summed E-state index contributed by atoms with van der Waals surface area (Å²) in [7, 11) is 0. The number of aliphatic hydroxyl groups is 1. The second-order valence-electron chi connectivity index (χ2n) is 9.63. The summed E-state index contributed by atoms with van der Waals surface area (Å²) in [6.07, 6.45) is 2.59. The molecule has 0 spiro atoms. The van der Waals surface area contributed by atoms with Gasteiger partial charge in [-0.15, -0.1) is 0 Å². The summed E-state index contributed by atoms with van der Waals surface area (Å²) in [4.78, 5) is 16.4. The number of aromatic nitrogens is 1. The molecule has 6 nitrogen and oxygen atoms in total. The van der Waals surface area contributed by atoms with Gasteiger partial charge in [-0.25, -0.2) is 0 Å². The fourth-order valence-electron chi connectivity index (χ4n) is 4.42. The summed E-state index contributed by atoms with van der Waals surface area (Å²) in [5.74, 6) is -0.0361. The van der Waals surface area contributed by atoms with E-state index >= 15 is 0 Å². The molecular weight excluding hydrogens is 452 g/mol. The first-order valence-corrected chi connectivity index (χ1v) is 12.3. The molecule has 3 aromatic carbocycles. The quantitative estimate of drug-likeness (QED) is 0.292. The number of carboxylic acid groups (broad SMARTS) is 1. The number of carboxylic acids is 1. The standard InChI is InChI=1S/C24H20N2O3.C4H10O.C2H6/c1-13-11-18-15(3-2-4-19(18)25)23(17(13)12-21(27)28)16-5-6-20-22-14(8-10-29-20)7-9-26-24(16)22;1-4(2,3)5;1-2/h2-7,9,11H,8,10,12,25H2,1H3,(H,27,28);5H,1-3H3;1-2H3. The van der Waals surface area contributed by atoms with Crippen molar-refractivity contribution in [2.75, 3.05) is 12.3 Å². The van der Waals surface area contributed by atoms with E-state index in [1.54, 1.807) is 20.8 Å². The van der Waals surface area contributed by atoms with Crippen LogP contribution in [0.15, 0.2) is 48.7 Å². The Morgan fingerprint density at radius 1 is 1.11 bits per heavy atom. The highest BCUT2D eigenvalue weighted by Gasteiger charge is 2.22. The van der Waals surface area contributed by atoms with Crippen molar-refractivity contribution in [3.8, 4) is 16.9 Å². The topological polar surface area (TPSA) is 106 Å². The Hall–Kier alpha value is -3.64. The van der Waals surface area contributed by atoms with Gasteiger partial charge in [0.1, 0.15) is 5.75 Å². The van der Waals surface area contributed by atoms with Crippen molar-refractivity contribution in [2.24, 2.45) is 0 Å². The number of carbonyl (C=O) groups is 1. The highest BCUT2D eigenvalue weighted by molar-refractivity contribution is 6.10. The number of aliphatic carboxylic acids is 1. The number of hydrogen-bond acceptors (Lipinski definition) is 5. The molecule has 0 saturated carbocycles. The van der Waals surface area contributed by atoms with Crippen LogP contribution in [0.4, 0.5) is 5.69 Å². The minimum Gasteiger partial charge on any atom is -0.493 e. The molecule has 1 aliphatic rings. The first kappa shape index (κ1) is 27.0.